The fourth-order valence-corrected chi connectivity index (χ4v) is 4.08. The summed E-state index contributed by atoms with van der Waals surface area (Å²) in [6, 6.07) is 7.00. The van der Waals surface area contributed by atoms with Crippen LogP contribution >= 0.6 is 11.8 Å². The molecule has 1 aliphatic rings. The number of ether oxygens (including phenoxy) is 1. The van der Waals surface area contributed by atoms with Crippen LogP contribution in [0.1, 0.15) is 40.6 Å². The second-order valence-electron chi connectivity index (χ2n) is 6.03. The van der Waals surface area contributed by atoms with E-state index < -0.39 is 0 Å². The lowest BCUT2D eigenvalue weighted by Gasteiger charge is -2.22. The summed E-state index contributed by atoms with van der Waals surface area (Å²) < 4.78 is 5.97. The molecule has 0 saturated carbocycles. The molecule has 1 aliphatic heterocycles. The maximum atomic E-state index is 12.3. The number of nitrogens with zero attached hydrogens (tertiary/aromatic N) is 3. The van der Waals surface area contributed by atoms with Gasteiger partial charge in [-0.2, -0.15) is 11.8 Å². The van der Waals surface area contributed by atoms with E-state index in [0.29, 0.717) is 28.9 Å². The van der Waals surface area contributed by atoms with Gasteiger partial charge < -0.3 is 9.72 Å². The minimum absolute atomic E-state index is 0.151. The molecule has 4 rings (SSSR count). The average molecular weight is 366 g/mol. The molecule has 0 unspecified atom stereocenters. The molecule has 26 heavy (non-hydrogen) atoms. The van der Waals surface area contributed by atoms with Crippen molar-refractivity contribution in [3.8, 4) is 11.6 Å². The summed E-state index contributed by atoms with van der Waals surface area (Å²) in [7, 11) is 0. The first-order valence-electron chi connectivity index (χ1n) is 8.52. The Morgan fingerprint density at radius 2 is 1.81 bits per heavy atom. The second kappa shape index (κ2) is 7.70. The fourth-order valence-electron chi connectivity index (χ4n) is 2.98. The Balaban J connectivity index is 1.52. The molecule has 1 fully saturated rings. The summed E-state index contributed by atoms with van der Waals surface area (Å²) in [6.07, 6.45) is 8.74. The van der Waals surface area contributed by atoms with Crippen molar-refractivity contribution >= 4 is 17.5 Å². The molecule has 132 valence electrons. The normalized spacial score (nSPS) is 14.9. The molecule has 3 heterocycles. The SMILES string of the molecule is O=C(c1ccc(Oc2nccnc2C2CCSCC2)cc1)c1ncc[nH]1. The molecule has 6 nitrogen and oxygen atoms in total. The first-order valence-corrected chi connectivity index (χ1v) is 9.67. The van der Waals surface area contributed by atoms with Crippen molar-refractivity contribution in [2.45, 2.75) is 18.8 Å². The van der Waals surface area contributed by atoms with Crippen molar-refractivity contribution in [3.63, 3.8) is 0 Å². The number of imidazole rings is 1. The van der Waals surface area contributed by atoms with Gasteiger partial charge in [0, 0.05) is 36.3 Å². The van der Waals surface area contributed by atoms with E-state index in [4.69, 9.17) is 4.74 Å². The first kappa shape index (κ1) is 16.8. The van der Waals surface area contributed by atoms with E-state index in [-0.39, 0.29) is 5.78 Å². The summed E-state index contributed by atoms with van der Waals surface area (Å²) in [5.74, 6) is 4.03. The summed E-state index contributed by atoms with van der Waals surface area (Å²) in [6.45, 7) is 0. The molecule has 2 aromatic heterocycles. The van der Waals surface area contributed by atoms with Crippen LogP contribution in [0.2, 0.25) is 0 Å². The van der Waals surface area contributed by atoms with E-state index in [1.54, 1.807) is 49.1 Å². The van der Waals surface area contributed by atoms with Crippen LogP contribution in [0.5, 0.6) is 11.6 Å². The largest absolute Gasteiger partial charge is 0.437 e. The number of H-pyrrole nitrogens is 1. The highest BCUT2D eigenvalue weighted by atomic mass is 32.2. The van der Waals surface area contributed by atoms with Gasteiger partial charge in [0.15, 0.2) is 5.82 Å². The van der Waals surface area contributed by atoms with Gasteiger partial charge in [0.1, 0.15) is 11.4 Å². The van der Waals surface area contributed by atoms with Gasteiger partial charge >= 0.3 is 0 Å². The highest BCUT2D eigenvalue weighted by Crippen LogP contribution is 2.35. The molecule has 1 saturated heterocycles. The standard InChI is InChI=1S/C19H18N4O2S/c24-17(18-21-8-9-22-18)14-1-3-15(4-2-14)25-19-16(20-7-10-23-19)13-5-11-26-12-6-13/h1-4,7-10,13H,5-6,11-12H2,(H,21,22). The van der Waals surface area contributed by atoms with Gasteiger partial charge in [0.05, 0.1) is 0 Å². The zero-order valence-corrected chi connectivity index (χ0v) is 14.9. The van der Waals surface area contributed by atoms with E-state index in [0.717, 1.165) is 30.0 Å². The van der Waals surface area contributed by atoms with Crippen LogP contribution in [0.3, 0.4) is 0 Å². The number of benzene rings is 1. The summed E-state index contributed by atoms with van der Waals surface area (Å²) >= 11 is 1.98. The van der Waals surface area contributed by atoms with Crippen molar-refractivity contribution < 1.29 is 9.53 Å². The summed E-state index contributed by atoms with van der Waals surface area (Å²) in [5.41, 5.74) is 1.47. The maximum absolute atomic E-state index is 12.3. The minimum atomic E-state index is -0.151. The number of hydrogen-bond donors (Lipinski definition) is 1. The van der Waals surface area contributed by atoms with Crippen LogP contribution in [0.4, 0.5) is 0 Å². The van der Waals surface area contributed by atoms with E-state index in [1.807, 2.05) is 11.8 Å². The topological polar surface area (TPSA) is 80.8 Å². The third-order valence-electron chi connectivity index (χ3n) is 4.34. The van der Waals surface area contributed by atoms with Gasteiger partial charge in [-0.15, -0.1) is 0 Å². The Morgan fingerprint density at radius 3 is 2.54 bits per heavy atom. The van der Waals surface area contributed by atoms with Crippen LogP contribution in [0, 0.1) is 0 Å². The number of hydrogen-bond acceptors (Lipinski definition) is 6. The molecule has 1 N–H and O–H groups in total. The van der Waals surface area contributed by atoms with Gasteiger partial charge in [-0.05, 0) is 48.6 Å². The molecule has 0 bridgehead atoms. The number of rotatable bonds is 5. The van der Waals surface area contributed by atoms with E-state index in [2.05, 4.69) is 19.9 Å². The Morgan fingerprint density at radius 1 is 1.04 bits per heavy atom. The lowest BCUT2D eigenvalue weighted by Crippen LogP contribution is -2.11. The van der Waals surface area contributed by atoms with Crippen molar-refractivity contribution in [1.82, 2.24) is 19.9 Å². The molecule has 0 spiro atoms. The van der Waals surface area contributed by atoms with E-state index in [9.17, 15) is 4.79 Å². The van der Waals surface area contributed by atoms with Gasteiger partial charge in [-0.1, -0.05) is 0 Å². The quantitative estimate of drug-likeness (QED) is 0.691. The van der Waals surface area contributed by atoms with Crippen molar-refractivity contribution in [2.24, 2.45) is 0 Å². The monoisotopic (exact) mass is 366 g/mol. The zero-order chi connectivity index (χ0) is 17.8. The Bertz CT molecular complexity index is 875. The number of carbonyl (C=O) groups excluding carboxylic acids is 1. The Kier molecular flexibility index (Phi) is 4.97. The molecule has 0 aliphatic carbocycles. The summed E-state index contributed by atoms with van der Waals surface area (Å²) in [4.78, 5) is 28.0. The number of aromatic amines is 1. The van der Waals surface area contributed by atoms with Gasteiger partial charge in [-0.25, -0.2) is 9.97 Å². The Hall–Kier alpha value is -2.67. The number of ketones is 1. The maximum Gasteiger partial charge on any atom is 0.241 e. The fraction of sp³-hybridized carbons (Fsp3) is 0.263. The molecule has 3 aromatic rings. The van der Waals surface area contributed by atoms with Crippen LogP contribution in [-0.4, -0.2) is 37.2 Å². The smallest absolute Gasteiger partial charge is 0.241 e. The molecule has 0 radical (unpaired) electrons. The van der Waals surface area contributed by atoms with Gasteiger partial charge in [0.25, 0.3) is 0 Å². The Labute approximate surface area is 155 Å². The van der Waals surface area contributed by atoms with Crippen molar-refractivity contribution in [1.29, 1.82) is 0 Å². The number of aromatic nitrogens is 4. The predicted octanol–water partition coefficient (Wildman–Crippen LogP) is 3.83. The molecule has 1 aromatic carbocycles. The van der Waals surface area contributed by atoms with Crippen LogP contribution in [-0.2, 0) is 0 Å². The van der Waals surface area contributed by atoms with Crippen LogP contribution < -0.4 is 4.74 Å². The third kappa shape index (κ3) is 3.62. The second-order valence-corrected chi connectivity index (χ2v) is 7.25. The third-order valence-corrected chi connectivity index (χ3v) is 5.39. The molecular formula is C19H18N4O2S. The van der Waals surface area contributed by atoms with E-state index in [1.165, 1.54) is 0 Å². The minimum Gasteiger partial charge on any atom is -0.437 e. The predicted molar refractivity (Wildman–Crippen MR) is 99.9 cm³/mol. The number of thioether (sulfide) groups is 1. The van der Waals surface area contributed by atoms with Crippen LogP contribution in [0.25, 0.3) is 0 Å². The molecular weight excluding hydrogens is 348 g/mol. The molecule has 7 heteroatoms. The summed E-state index contributed by atoms with van der Waals surface area (Å²) in [5, 5.41) is 0. The number of carbonyl (C=O) groups is 1. The highest BCUT2D eigenvalue weighted by molar-refractivity contribution is 7.99. The average Bonchev–Trinajstić information content (AvgIpc) is 3.24. The van der Waals surface area contributed by atoms with Crippen molar-refractivity contribution in [3.05, 3.63) is 66.1 Å². The molecule has 0 atom stereocenters. The highest BCUT2D eigenvalue weighted by Gasteiger charge is 2.22. The van der Waals surface area contributed by atoms with Crippen molar-refractivity contribution in [2.75, 3.05) is 11.5 Å². The van der Waals surface area contributed by atoms with E-state index >= 15 is 0 Å². The van der Waals surface area contributed by atoms with Crippen LogP contribution in [0.15, 0.2) is 49.1 Å². The first-order chi connectivity index (χ1) is 12.8. The molecule has 0 amide bonds. The zero-order valence-electron chi connectivity index (χ0n) is 14.1. The van der Waals surface area contributed by atoms with Gasteiger partial charge in [-0.3, -0.25) is 9.78 Å². The lowest BCUT2D eigenvalue weighted by atomic mass is 9.99. The lowest BCUT2D eigenvalue weighted by molar-refractivity contribution is 0.103. The van der Waals surface area contributed by atoms with Gasteiger partial charge in [0.2, 0.25) is 11.7 Å². The number of nitrogens with one attached hydrogen (secondary N) is 1.